The molecule has 0 saturated carbocycles. The smallest absolute Gasteiger partial charge is 0.305 e. The lowest BCUT2D eigenvalue weighted by molar-refractivity contribution is -0.387. The van der Waals surface area contributed by atoms with Crippen LogP contribution in [0.5, 0.6) is 0 Å². The summed E-state index contributed by atoms with van der Waals surface area (Å²) in [4.78, 5) is 47.7. The summed E-state index contributed by atoms with van der Waals surface area (Å²) in [5.74, 6) is -3.59. The van der Waals surface area contributed by atoms with Crippen molar-refractivity contribution >= 4 is 23.4 Å². The van der Waals surface area contributed by atoms with E-state index in [0.717, 1.165) is 12.1 Å². The third kappa shape index (κ3) is 6.48. The van der Waals surface area contributed by atoms with Crippen LogP contribution in [-0.4, -0.2) is 39.9 Å². The molecule has 0 aliphatic carbocycles. The summed E-state index contributed by atoms with van der Waals surface area (Å²) in [7, 11) is 0. The van der Waals surface area contributed by atoms with Crippen molar-refractivity contribution in [1.29, 1.82) is 0 Å². The topological polar surface area (TPSA) is 165 Å². The fourth-order valence-electron chi connectivity index (χ4n) is 3.51. The van der Waals surface area contributed by atoms with E-state index in [2.05, 4.69) is 10.6 Å². The van der Waals surface area contributed by atoms with E-state index in [4.69, 9.17) is 5.73 Å². The molecule has 11 heteroatoms. The molecule has 36 heavy (non-hydrogen) atoms. The fraction of sp³-hybridized carbons (Fsp3) is 0.160. The van der Waals surface area contributed by atoms with Crippen LogP contribution in [0.3, 0.4) is 0 Å². The number of hydrogen-bond acceptors (Lipinski definition) is 6. The Morgan fingerprint density at radius 2 is 1.58 bits per heavy atom. The van der Waals surface area contributed by atoms with Gasteiger partial charge in [-0.2, -0.15) is 4.39 Å². The van der Waals surface area contributed by atoms with Crippen molar-refractivity contribution in [3.63, 3.8) is 0 Å². The van der Waals surface area contributed by atoms with E-state index in [-0.39, 0.29) is 12.0 Å². The molecule has 0 aliphatic rings. The molecule has 0 fully saturated rings. The molecule has 0 bridgehead atoms. The minimum atomic E-state index is -1.83. The van der Waals surface area contributed by atoms with Gasteiger partial charge in [-0.25, -0.2) is 0 Å². The highest BCUT2D eigenvalue weighted by Gasteiger charge is 2.32. The molecule has 0 heterocycles. The van der Waals surface area contributed by atoms with Gasteiger partial charge in [0.1, 0.15) is 6.04 Å². The highest BCUT2D eigenvalue weighted by molar-refractivity contribution is 5.95. The van der Waals surface area contributed by atoms with Crippen LogP contribution < -0.4 is 16.4 Å². The quantitative estimate of drug-likeness (QED) is 0.248. The number of benzene rings is 3. The molecule has 0 aromatic heterocycles. The second-order valence-corrected chi connectivity index (χ2v) is 7.88. The van der Waals surface area contributed by atoms with E-state index in [9.17, 15) is 34.0 Å². The zero-order chi connectivity index (χ0) is 26.2. The molecule has 3 rings (SSSR count). The SMILES string of the molecule is NC(=O)[C@@H](Cc1ccc(F)c([N+](=O)[O-])c1)NC(=O)[C@H](O)[C@@H](NC(=O)c1ccccc1)c1ccccc1. The predicted octanol–water partition coefficient (Wildman–Crippen LogP) is 1.78. The number of amides is 3. The molecule has 0 saturated heterocycles. The molecule has 3 aromatic carbocycles. The Labute approximate surface area is 205 Å². The molecule has 0 unspecified atom stereocenters. The fourth-order valence-corrected chi connectivity index (χ4v) is 3.51. The number of carbonyl (C=O) groups is 3. The number of nitro groups is 1. The molecule has 5 N–H and O–H groups in total. The first kappa shape index (κ1) is 26.0. The minimum Gasteiger partial charge on any atom is -0.381 e. The lowest BCUT2D eigenvalue weighted by atomic mass is 9.99. The van der Waals surface area contributed by atoms with Crippen molar-refractivity contribution in [3.8, 4) is 0 Å². The number of rotatable bonds is 10. The van der Waals surface area contributed by atoms with Gasteiger partial charge in [0.2, 0.25) is 11.7 Å². The van der Waals surface area contributed by atoms with Gasteiger partial charge in [-0.1, -0.05) is 54.6 Å². The van der Waals surface area contributed by atoms with E-state index >= 15 is 0 Å². The van der Waals surface area contributed by atoms with E-state index in [1.807, 2.05) is 0 Å². The van der Waals surface area contributed by atoms with Crippen molar-refractivity contribution in [2.45, 2.75) is 24.6 Å². The summed E-state index contributed by atoms with van der Waals surface area (Å²) in [5.41, 5.74) is 5.49. The van der Waals surface area contributed by atoms with Crippen molar-refractivity contribution in [3.05, 3.63) is 111 Å². The van der Waals surface area contributed by atoms with Crippen LogP contribution >= 0.6 is 0 Å². The van der Waals surface area contributed by atoms with Crippen LogP contribution in [0.2, 0.25) is 0 Å². The van der Waals surface area contributed by atoms with Crippen LogP contribution in [0, 0.1) is 15.9 Å². The lowest BCUT2D eigenvalue weighted by Crippen LogP contribution is -2.52. The molecule has 0 aliphatic heterocycles. The van der Waals surface area contributed by atoms with Gasteiger partial charge in [0, 0.05) is 18.1 Å². The van der Waals surface area contributed by atoms with E-state index < -0.39 is 52.3 Å². The number of aliphatic hydroxyl groups is 1. The molecule has 3 aromatic rings. The van der Waals surface area contributed by atoms with Crippen LogP contribution in [0.4, 0.5) is 10.1 Å². The molecule has 0 spiro atoms. The van der Waals surface area contributed by atoms with Crippen molar-refractivity contribution < 1.29 is 28.8 Å². The Morgan fingerprint density at radius 3 is 2.17 bits per heavy atom. The first-order valence-corrected chi connectivity index (χ1v) is 10.8. The third-order valence-corrected chi connectivity index (χ3v) is 5.37. The molecule has 3 amide bonds. The molecule has 186 valence electrons. The second kappa shape index (κ2) is 11.7. The van der Waals surface area contributed by atoms with Crippen molar-refractivity contribution in [2.24, 2.45) is 5.73 Å². The maximum absolute atomic E-state index is 13.6. The highest BCUT2D eigenvalue weighted by atomic mass is 19.1. The van der Waals surface area contributed by atoms with Crippen LogP contribution in [0.15, 0.2) is 78.9 Å². The number of nitrogens with two attached hydrogens (primary N) is 1. The van der Waals surface area contributed by atoms with Crippen molar-refractivity contribution in [2.75, 3.05) is 0 Å². The van der Waals surface area contributed by atoms with Gasteiger partial charge in [0.15, 0.2) is 6.10 Å². The van der Waals surface area contributed by atoms with Gasteiger partial charge < -0.3 is 21.5 Å². The lowest BCUT2D eigenvalue weighted by Gasteiger charge is -2.26. The summed E-state index contributed by atoms with van der Waals surface area (Å²) < 4.78 is 13.6. The van der Waals surface area contributed by atoms with Gasteiger partial charge in [0.25, 0.3) is 11.8 Å². The van der Waals surface area contributed by atoms with Gasteiger partial charge in [-0.3, -0.25) is 24.5 Å². The summed E-state index contributed by atoms with van der Waals surface area (Å²) in [6.07, 6.45) is -2.12. The Kier molecular flexibility index (Phi) is 8.42. The van der Waals surface area contributed by atoms with Gasteiger partial charge in [0.05, 0.1) is 11.0 Å². The second-order valence-electron chi connectivity index (χ2n) is 7.88. The largest absolute Gasteiger partial charge is 0.381 e. The molecular weight excluding hydrogens is 471 g/mol. The Hall–Kier alpha value is -4.64. The zero-order valence-corrected chi connectivity index (χ0v) is 18.8. The number of aliphatic hydroxyl groups excluding tert-OH is 1. The number of nitrogens with one attached hydrogen (secondary N) is 2. The van der Waals surface area contributed by atoms with Gasteiger partial charge in [-0.15, -0.1) is 0 Å². The van der Waals surface area contributed by atoms with Crippen molar-refractivity contribution in [1.82, 2.24) is 10.6 Å². The first-order valence-electron chi connectivity index (χ1n) is 10.8. The summed E-state index contributed by atoms with van der Waals surface area (Å²) in [6, 6.07) is 16.9. The van der Waals surface area contributed by atoms with E-state index in [0.29, 0.717) is 11.1 Å². The number of carbonyl (C=O) groups excluding carboxylic acids is 3. The van der Waals surface area contributed by atoms with Gasteiger partial charge in [-0.05, 0) is 29.3 Å². The number of nitrogens with zero attached hydrogens (tertiary/aromatic N) is 1. The Balaban J connectivity index is 1.80. The average molecular weight is 494 g/mol. The number of primary amides is 1. The molecule has 0 radical (unpaired) electrons. The van der Waals surface area contributed by atoms with E-state index in [1.165, 1.54) is 6.07 Å². The monoisotopic (exact) mass is 494 g/mol. The summed E-state index contributed by atoms with van der Waals surface area (Å²) in [6.45, 7) is 0. The summed E-state index contributed by atoms with van der Waals surface area (Å²) >= 11 is 0. The maximum Gasteiger partial charge on any atom is 0.305 e. The molecule has 10 nitrogen and oxygen atoms in total. The standard InChI is InChI=1S/C25H23FN4O6/c26-18-12-11-15(14-20(18)30(35)36)13-19(23(27)32)28-25(34)22(31)21(16-7-3-1-4-8-16)29-24(33)17-9-5-2-6-10-17/h1-12,14,19,21-22,31H,13H2,(H2,27,32)(H,28,34)(H,29,33)/t19-,21+,22-/m1/s1. The number of nitro benzene ring substituents is 1. The first-order chi connectivity index (χ1) is 17.2. The third-order valence-electron chi connectivity index (χ3n) is 5.37. The molecular formula is C25H23FN4O6. The zero-order valence-electron chi connectivity index (χ0n) is 18.8. The highest BCUT2D eigenvalue weighted by Crippen LogP contribution is 2.21. The number of halogens is 1. The summed E-state index contributed by atoms with van der Waals surface area (Å²) in [5, 5.41) is 26.8. The Morgan fingerprint density at radius 1 is 0.972 bits per heavy atom. The molecule has 3 atom stereocenters. The van der Waals surface area contributed by atoms with Crippen LogP contribution in [0.1, 0.15) is 27.5 Å². The maximum atomic E-state index is 13.6. The van der Waals surface area contributed by atoms with E-state index in [1.54, 1.807) is 60.7 Å². The van der Waals surface area contributed by atoms with Crippen LogP contribution in [-0.2, 0) is 16.0 Å². The number of hydrogen-bond donors (Lipinski definition) is 4. The predicted molar refractivity (Wildman–Crippen MR) is 127 cm³/mol. The van der Waals surface area contributed by atoms with Crippen LogP contribution in [0.25, 0.3) is 0 Å². The average Bonchev–Trinajstić information content (AvgIpc) is 2.88. The van der Waals surface area contributed by atoms with Gasteiger partial charge >= 0.3 is 5.69 Å². The normalized spacial score (nSPS) is 13.2. The minimum absolute atomic E-state index is 0.165. The Bertz CT molecular complexity index is 1260.